The summed E-state index contributed by atoms with van der Waals surface area (Å²) < 4.78 is 11.2. The summed E-state index contributed by atoms with van der Waals surface area (Å²) in [5, 5.41) is 0. The Labute approximate surface area is 140 Å². The molecule has 4 heteroatoms. The average Bonchev–Trinajstić information content (AvgIpc) is 2.51. The van der Waals surface area contributed by atoms with Crippen molar-refractivity contribution in [2.24, 2.45) is 11.8 Å². The zero-order valence-electron chi connectivity index (χ0n) is 15.3. The van der Waals surface area contributed by atoms with Gasteiger partial charge in [-0.3, -0.25) is 0 Å². The van der Waals surface area contributed by atoms with E-state index in [1.807, 2.05) is 26.2 Å². The van der Waals surface area contributed by atoms with Crippen LogP contribution in [0.4, 0.5) is 0 Å². The van der Waals surface area contributed by atoms with Crippen LogP contribution < -0.4 is 4.74 Å². The molecule has 0 aliphatic rings. The first-order valence-corrected chi connectivity index (χ1v) is 8.39. The smallest absolute Gasteiger partial charge is 0.342 e. The lowest BCUT2D eigenvalue weighted by Crippen LogP contribution is -2.37. The van der Waals surface area contributed by atoms with Crippen molar-refractivity contribution in [3.63, 3.8) is 0 Å². The quantitative estimate of drug-likeness (QED) is 0.648. The number of ether oxygens (including phenoxy) is 2. The molecule has 0 saturated carbocycles. The van der Waals surface area contributed by atoms with Crippen LogP contribution in [0, 0.1) is 11.8 Å². The van der Waals surface area contributed by atoms with Gasteiger partial charge in [0.15, 0.2) is 0 Å². The van der Waals surface area contributed by atoms with Crippen LogP contribution in [0.5, 0.6) is 5.75 Å². The van der Waals surface area contributed by atoms with E-state index in [-0.39, 0.29) is 18.0 Å². The van der Waals surface area contributed by atoms with Crippen LogP contribution in [0.2, 0.25) is 0 Å². The summed E-state index contributed by atoms with van der Waals surface area (Å²) in [6.45, 7) is 7.35. The molecule has 3 atom stereocenters. The van der Waals surface area contributed by atoms with Crippen molar-refractivity contribution in [3.8, 4) is 5.75 Å². The maximum absolute atomic E-state index is 12.6. The van der Waals surface area contributed by atoms with Crippen molar-refractivity contribution in [1.82, 2.24) is 4.90 Å². The molecule has 0 amide bonds. The fraction of sp³-hybridized carbons (Fsp3) is 0.632. The van der Waals surface area contributed by atoms with Crippen molar-refractivity contribution in [2.75, 3.05) is 27.7 Å². The highest BCUT2D eigenvalue weighted by Crippen LogP contribution is 2.25. The Balaban J connectivity index is 2.92. The standard InChI is InChI=1S/C19H31NO3/c1-7-10-14(2)18(15(3)13-20(4)5)23-19(21)16-11-8-9-12-17(16)22-6/h8-9,11-12,14-15,18H,7,10,13H2,1-6H3. The molecule has 0 heterocycles. The van der Waals surface area contributed by atoms with E-state index in [9.17, 15) is 4.79 Å². The number of nitrogens with zero attached hydrogens (tertiary/aromatic N) is 1. The van der Waals surface area contributed by atoms with Gasteiger partial charge in [-0.05, 0) is 38.6 Å². The van der Waals surface area contributed by atoms with Crippen LogP contribution >= 0.6 is 0 Å². The first-order chi connectivity index (χ1) is 10.9. The molecule has 0 spiro atoms. The SMILES string of the molecule is CCCC(C)C(OC(=O)c1ccccc1OC)C(C)CN(C)C. The molecule has 0 aromatic heterocycles. The Morgan fingerprint density at radius 3 is 2.39 bits per heavy atom. The number of benzene rings is 1. The van der Waals surface area contributed by atoms with Crippen LogP contribution in [0.25, 0.3) is 0 Å². The van der Waals surface area contributed by atoms with E-state index in [1.54, 1.807) is 19.2 Å². The molecule has 0 fully saturated rings. The number of esters is 1. The molecule has 0 N–H and O–H groups in total. The lowest BCUT2D eigenvalue weighted by atomic mass is 9.89. The molecular weight excluding hydrogens is 290 g/mol. The minimum absolute atomic E-state index is 0.102. The van der Waals surface area contributed by atoms with E-state index in [0.29, 0.717) is 17.2 Å². The van der Waals surface area contributed by atoms with Gasteiger partial charge < -0.3 is 14.4 Å². The maximum atomic E-state index is 12.6. The minimum atomic E-state index is -0.305. The molecule has 23 heavy (non-hydrogen) atoms. The summed E-state index contributed by atoms with van der Waals surface area (Å²) in [5.41, 5.74) is 0.487. The molecule has 0 aliphatic heterocycles. The van der Waals surface area contributed by atoms with Crippen LogP contribution in [0.3, 0.4) is 0 Å². The zero-order chi connectivity index (χ0) is 17.4. The van der Waals surface area contributed by atoms with Gasteiger partial charge in [-0.25, -0.2) is 4.79 Å². The molecule has 3 unspecified atom stereocenters. The Morgan fingerprint density at radius 1 is 1.17 bits per heavy atom. The number of methoxy groups -OCH3 is 1. The van der Waals surface area contributed by atoms with Crippen LogP contribution in [-0.2, 0) is 4.74 Å². The van der Waals surface area contributed by atoms with Crippen LogP contribution in [-0.4, -0.2) is 44.7 Å². The Morgan fingerprint density at radius 2 is 1.83 bits per heavy atom. The number of hydrogen-bond acceptors (Lipinski definition) is 4. The monoisotopic (exact) mass is 321 g/mol. The normalized spacial score (nSPS) is 15.1. The fourth-order valence-corrected chi connectivity index (χ4v) is 3.09. The van der Waals surface area contributed by atoms with E-state index in [1.165, 1.54) is 0 Å². The van der Waals surface area contributed by atoms with Crippen molar-refractivity contribution in [2.45, 2.75) is 39.7 Å². The highest BCUT2D eigenvalue weighted by atomic mass is 16.5. The van der Waals surface area contributed by atoms with E-state index in [0.717, 1.165) is 19.4 Å². The largest absolute Gasteiger partial charge is 0.496 e. The molecular formula is C19H31NO3. The predicted octanol–water partition coefficient (Wildman–Crippen LogP) is 3.85. The van der Waals surface area contributed by atoms with E-state index < -0.39 is 0 Å². The van der Waals surface area contributed by atoms with Crippen LogP contribution in [0.15, 0.2) is 24.3 Å². The average molecular weight is 321 g/mol. The molecule has 1 aromatic rings. The number of carbonyl (C=O) groups excluding carboxylic acids is 1. The van der Waals surface area contributed by atoms with Gasteiger partial charge in [0.2, 0.25) is 0 Å². The highest BCUT2D eigenvalue weighted by Gasteiger charge is 2.28. The summed E-state index contributed by atoms with van der Waals surface area (Å²) in [5.74, 6) is 0.847. The molecule has 1 rings (SSSR count). The first kappa shape index (κ1) is 19.5. The first-order valence-electron chi connectivity index (χ1n) is 8.39. The predicted molar refractivity (Wildman–Crippen MR) is 94.0 cm³/mol. The zero-order valence-corrected chi connectivity index (χ0v) is 15.3. The van der Waals surface area contributed by atoms with Crippen molar-refractivity contribution >= 4 is 5.97 Å². The Hall–Kier alpha value is -1.55. The Kier molecular flexibility index (Phi) is 8.10. The highest BCUT2D eigenvalue weighted by molar-refractivity contribution is 5.92. The van der Waals surface area contributed by atoms with Gasteiger partial charge >= 0.3 is 5.97 Å². The van der Waals surface area contributed by atoms with Crippen molar-refractivity contribution in [3.05, 3.63) is 29.8 Å². The number of rotatable bonds is 9. The molecule has 0 radical (unpaired) electrons. The van der Waals surface area contributed by atoms with E-state index >= 15 is 0 Å². The second-order valence-corrected chi connectivity index (χ2v) is 6.58. The number of hydrogen-bond donors (Lipinski definition) is 0. The van der Waals surface area contributed by atoms with Gasteiger partial charge in [0.05, 0.1) is 7.11 Å². The van der Waals surface area contributed by atoms with Gasteiger partial charge in [0.25, 0.3) is 0 Å². The van der Waals surface area contributed by atoms with Crippen LogP contribution in [0.1, 0.15) is 44.0 Å². The summed E-state index contributed by atoms with van der Waals surface area (Å²) in [7, 11) is 5.65. The topological polar surface area (TPSA) is 38.8 Å². The van der Waals surface area contributed by atoms with Gasteiger partial charge in [-0.1, -0.05) is 39.3 Å². The third kappa shape index (κ3) is 5.87. The number of para-hydroxylation sites is 1. The summed E-state index contributed by atoms with van der Waals surface area (Å²) in [6.07, 6.45) is 2.02. The molecule has 4 nitrogen and oxygen atoms in total. The minimum Gasteiger partial charge on any atom is -0.496 e. The second kappa shape index (κ2) is 9.56. The molecule has 130 valence electrons. The molecule has 0 bridgehead atoms. The lowest BCUT2D eigenvalue weighted by molar-refractivity contribution is -0.00819. The Bertz CT molecular complexity index is 487. The summed E-state index contributed by atoms with van der Waals surface area (Å²) in [6, 6.07) is 7.21. The third-order valence-electron chi connectivity index (χ3n) is 4.09. The van der Waals surface area contributed by atoms with Gasteiger partial charge in [0.1, 0.15) is 17.4 Å². The number of carbonyl (C=O) groups is 1. The van der Waals surface area contributed by atoms with E-state index in [4.69, 9.17) is 9.47 Å². The maximum Gasteiger partial charge on any atom is 0.342 e. The molecule has 0 aliphatic carbocycles. The fourth-order valence-electron chi connectivity index (χ4n) is 3.09. The summed E-state index contributed by atoms with van der Waals surface area (Å²) >= 11 is 0. The van der Waals surface area contributed by atoms with Gasteiger partial charge in [-0.2, -0.15) is 0 Å². The van der Waals surface area contributed by atoms with Gasteiger partial charge in [-0.15, -0.1) is 0 Å². The van der Waals surface area contributed by atoms with Gasteiger partial charge in [0, 0.05) is 12.5 Å². The molecule has 0 saturated heterocycles. The second-order valence-electron chi connectivity index (χ2n) is 6.58. The summed E-state index contributed by atoms with van der Waals surface area (Å²) in [4.78, 5) is 14.8. The van der Waals surface area contributed by atoms with Crippen molar-refractivity contribution < 1.29 is 14.3 Å². The molecule has 1 aromatic carbocycles. The third-order valence-corrected chi connectivity index (χ3v) is 4.09. The van der Waals surface area contributed by atoms with Crippen molar-refractivity contribution in [1.29, 1.82) is 0 Å². The van der Waals surface area contributed by atoms with E-state index in [2.05, 4.69) is 25.7 Å². The lowest BCUT2D eigenvalue weighted by Gasteiger charge is -2.31.